The van der Waals surface area contributed by atoms with Gasteiger partial charge in [-0.25, -0.2) is 9.37 Å². The monoisotopic (exact) mass is 524 g/mol. The summed E-state index contributed by atoms with van der Waals surface area (Å²) in [5.41, 5.74) is 1.29. The zero-order valence-corrected chi connectivity index (χ0v) is 22.1. The van der Waals surface area contributed by atoms with Crippen LogP contribution in [0.3, 0.4) is 0 Å². The lowest BCUT2D eigenvalue weighted by Crippen LogP contribution is -2.59. The number of piperazine rings is 1. The van der Waals surface area contributed by atoms with Crippen LogP contribution >= 0.6 is 11.6 Å². The second-order valence-electron chi connectivity index (χ2n) is 10.7. The fourth-order valence-electron chi connectivity index (χ4n) is 6.10. The molecule has 2 saturated heterocycles. The highest BCUT2D eigenvalue weighted by atomic mass is 35.5. The fourth-order valence-corrected chi connectivity index (χ4v) is 6.26. The molecule has 6 rings (SSSR count). The standard InChI is InChI=1S/C28H34ClFN6O/c1-2-21-18-34(28-32-26-24(4-3-11-31-26)27(37)36(28)23-7-8-23)14-15-35(21)22-9-12-33(13-10-22)17-19-5-6-20(29)16-25(19)30/h3-6,11,16,21-23H,2,7-10,12-15,17-18H2,1H3/t21-/m0/s1. The molecule has 3 aromatic rings. The summed E-state index contributed by atoms with van der Waals surface area (Å²) in [6.07, 6.45) is 6.99. The molecule has 2 aromatic heterocycles. The Hall–Kier alpha value is -2.55. The zero-order valence-electron chi connectivity index (χ0n) is 21.3. The molecule has 196 valence electrons. The van der Waals surface area contributed by atoms with E-state index in [0.717, 1.165) is 70.8 Å². The molecule has 3 fully saturated rings. The maximum absolute atomic E-state index is 14.3. The number of pyridine rings is 1. The van der Waals surface area contributed by atoms with Crippen molar-refractivity contribution in [2.75, 3.05) is 37.6 Å². The zero-order chi connectivity index (χ0) is 25.5. The lowest BCUT2D eigenvalue weighted by molar-refractivity contribution is 0.0604. The third kappa shape index (κ3) is 4.99. The number of hydrogen-bond donors (Lipinski definition) is 0. The smallest absolute Gasteiger partial charge is 0.264 e. The van der Waals surface area contributed by atoms with Crippen LogP contribution in [0.1, 0.15) is 50.6 Å². The maximum atomic E-state index is 14.3. The molecule has 1 aromatic carbocycles. The van der Waals surface area contributed by atoms with E-state index in [9.17, 15) is 9.18 Å². The Morgan fingerprint density at radius 1 is 1.05 bits per heavy atom. The third-order valence-electron chi connectivity index (χ3n) is 8.29. The molecule has 2 aliphatic heterocycles. The van der Waals surface area contributed by atoms with E-state index in [4.69, 9.17) is 16.6 Å². The highest BCUT2D eigenvalue weighted by molar-refractivity contribution is 6.30. The lowest BCUT2D eigenvalue weighted by Gasteiger charge is -2.47. The van der Waals surface area contributed by atoms with Gasteiger partial charge in [0.1, 0.15) is 5.82 Å². The van der Waals surface area contributed by atoms with Gasteiger partial charge < -0.3 is 4.90 Å². The van der Waals surface area contributed by atoms with Crippen molar-refractivity contribution in [3.8, 4) is 0 Å². The molecule has 37 heavy (non-hydrogen) atoms. The third-order valence-corrected chi connectivity index (χ3v) is 8.52. The number of benzene rings is 1. The van der Waals surface area contributed by atoms with E-state index in [1.807, 2.05) is 16.7 Å². The first-order valence-corrected chi connectivity index (χ1v) is 13.9. The minimum Gasteiger partial charge on any atom is -0.339 e. The average Bonchev–Trinajstić information content (AvgIpc) is 3.75. The number of halogens is 2. The molecule has 0 N–H and O–H groups in total. The van der Waals surface area contributed by atoms with Crippen LogP contribution in [0.2, 0.25) is 5.02 Å². The largest absolute Gasteiger partial charge is 0.339 e. The summed E-state index contributed by atoms with van der Waals surface area (Å²) in [4.78, 5) is 30.0. The van der Waals surface area contributed by atoms with Crippen molar-refractivity contribution in [2.24, 2.45) is 0 Å². The van der Waals surface area contributed by atoms with E-state index in [1.54, 1.807) is 18.3 Å². The molecule has 0 radical (unpaired) electrons. The molecule has 0 unspecified atom stereocenters. The Morgan fingerprint density at radius 3 is 2.59 bits per heavy atom. The minimum absolute atomic E-state index is 0.0376. The summed E-state index contributed by atoms with van der Waals surface area (Å²) in [6.45, 7) is 7.47. The van der Waals surface area contributed by atoms with Crippen LogP contribution in [-0.2, 0) is 6.54 Å². The fraction of sp³-hybridized carbons (Fsp3) is 0.536. The molecule has 7 nitrogen and oxygen atoms in total. The topological polar surface area (TPSA) is 57.5 Å². The molecule has 0 spiro atoms. The second-order valence-corrected chi connectivity index (χ2v) is 11.1. The molecular weight excluding hydrogens is 491 g/mol. The van der Waals surface area contributed by atoms with Gasteiger partial charge in [-0.3, -0.25) is 19.2 Å². The first-order chi connectivity index (χ1) is 18.0. The summed E-state index contributed by atoms with van der Waals surface area (Å²) in [7, 11) is 0. The SMILES string of the molecule is CC[C@H]1CN(c2nc3ncccc3c(=O)n2C2CC2)CCN1C1CCN(Cc2ccc(Cl)cc2F)CC1. The van der Waals surface area contributed by atoms with Crippen LogP contribution in [0, 0.1) is 5.82 Å². The second kappa shape index (κ2) is 10.3. The van der Waals surface area contributed by atoms with Gasteiger partial charge in [0.15, 0.2) is 5.65 Å². The van der Waals surface area contributed by atoms with Gasteiger partial charge in [-0.05, 0) is 69.5 Å². The van der Waals surface area contributed by atoms with Gasteiger partial charge in [-0.1, -0.05) is 24.6 Å². The van der Waals surface area contributed by atoms with Crippen LogP contribution in [0.25, 0.3) is 11.0 Å². The van der Waals surface area contributed by atoms with E-state index in [1.165, 1.54) is 6.07 Å². The molecule has 1 atom stereocenters. The molecule has 0 amide bonds. The van der Waals surface area contributed by atoms with E-state index in [2.05, 4.69) is 26.6 Å². The van der Waals surface area contributed by atoms with Crippen molar-refractivity contribution < 1.29 is 4.39 Å². The van der Waals surface area contributed by atoms with E-state index < -0.39 is 0 Å². The number of fused-ring (bicyclic) bond motifs is 1. The number of likely N-dealkylation sites (tertiary alicyclic amines) is 1. The van der Waals surface area contributed by atoms with Crippen LogP contribution in [0.15, 0.2) is 41.3 Å². The number of hydrogen-bond acceptors (Lipinski definition) is 6. The van der Waals surface area contributed by atoms with Crippen molar-refractivity contribution in [2.45, 2.75) is 63.7 Å². The predicted octanol–water partition coefficient (Wildman–Crippen LogP) is 4.48. The Balaban J connectivity index is 1.14. The van der Waals surface area contributed by atoms with Crippen molar-refractivity contribution in [3.05, 3.63) is 63.3 Å². The summed E-state index contributed by atoms with van der Waals surface area (Å²) >= 11 is 5.92. The van der Waals surface area contributed by atoms with Gasteiger partial charge in [0.25, 0.3) is 5.56 Å². The average molecular weight is 525 g/mol. The Labute approximate surface area is 221 Å². The van der Waals surface area contributed by atoms with Crippen molar-refractivity contribution in [1.82, 2.24) is 24.3 Å². The van der Waals surface area contributed by atoms with Gasteiger partial charge in [0.05, 0.1) is 5.39 Å². The molecule has 9 heteroatoms. The van der Waals surface area contributed by atoms with Gasteiger partial charge >= 0.3 is 0 Å². The van der Waals surface area contributed by atoms with Crippen molar-refractivity contribution in [3.63, 3.8) is 0 Å². The number of piperidine rings is 1. The first-order valence-electron chi connectivity index (χ1n) is 13.6. The minimum atomic E-state index is -0.223. The van der Waals surface area contributed by atoms with Crippen LogP contribution in [-0.4, -0.2) is 69.1 Å². The van der Waals surface area contributed by atoms with Crippen molar-refractivity contribution >= 4 is 28.6 Å². The molecule has 4 heterocycles. The van der Waals surface area contributed by atoms with Gasteiger partial charge in [-0.15, -0.1) is 0 Å². The highest BCUT2D eigenvalue weighted by Crippen LogP contribution is 2.37. The van der Waals surface area contributed by atoms with E-state index in [0.29, 0.717) is 40.2 Å². The number of aromatic nitrogens is 3. The van der Waals surface area contributed by atoms with Crippen molar-refractivity contribution in [1.29, 1.82) is 0 Å². The summed E-state index contributed by atoms with van der Waals surface area (Å²) in [6, 6.07) is 9.80. The lowest BCUT2D eigenvalue weighted by atomic mass is 9.98. The summed E-state index contributed by atoms with van der Waals surface area (Å²) < 4.78 is 16.2. The number of nitrogens with zero attached hydrogens (tertiary/aromatic N) is 6. The Morgan fingerprint density at radius 2 is 1.86 bits per heavy atom. The Kier molecular flexibility index (Phi) is 6.90. The van der Waals surface area contributed by atoms with Crippen LogP contribution < -0.4 is 10.5 Å². The Bertz CT molecular complexity index is 1340. The number of anilines is 1. The molecule has 0 bridgehead atoms. The van der Waals surface area contributed by atoms with E-state index in [-0.39, 0.29) is 17.4 Å². The predicted molar refractivity (Wildman–Crippen MR) is 145 cm³/mol. The molecule has 3 aliphatic rings. The molecule has 1 saturated carbocycles. The number of rotatable bonds is 6. The van der Waals surface area contributed by atoms with Crippen LogP contribution in [0.4, 0.5) is 10.3 Å². The normalized spacial score (nSPS) is 22.1. The first kappa shape index (κ1) is 24.8. The quantitative estimate of drug-likeness (QED) is 0.474. The molecular formula is C28H34ClFN6O. The summed E-state index contributed by atoms with van der Waals surface area (Å²) in [5, 5.41) is 1.04. The summed E-state index contributed by atoms with van der Waals surface area (Å²) in [5.74, 6) is 0.565. The van der Waals surface area contributed by atoms with E-state index >= 15 is 0 Å². The van der Waals surface area contributed by atoms with Gasteiger partial charge in [0.2, 0.25) is 5.95 Å². The maximum Gasteiger partial charge on any atom is 0.264 e. The highest BCUT2D eigenvalue weighted by Gasteiger charge is 2.36. The molecule has 1 aliphatic carbocycles. The van der Waals surface area contributed by atoms with Crippen LogP contribution in [0.5, 0.6) is 0 Å². The van der Waals surface area contributed by atoms with Gasteiger partial charge in [0, 0.05) is 61.1 Å². The van der Waals surface area contributed by atoms with Gasteiger partial charge in [-0.2, -0.15) is 4.98 Å².